The minimum atomic E-state index is -0.383. The first-order valence-corrected chi connectivity index (χ1v) is 7.09. The normalized spacial score (nSPS) is 10.3. The second-order valence-electron chi connectivity index (χ2n) is 4.56. The summed E-state index contributed by atoms with van der Waals surface area (Å²) in [5, 5.41) is 13.9. The number of nitrogens with one attached hydrogen (secondary N) is 1. The minimum Gasteiger partial charge on any atom is -0.385 e. The number of halogens is 1. The molecule has 0 unspecified atom stereocenters. The second kappa shape index (κ2) is 6.52. The largest absolute Gasteiger partial charge is 0.385 e. The number of hydrogen-bond donors (Lipinski definition) is 1. The lowest BCUT2D eigenvalue weighted by Gasteiger charge is -2.08. The molecule has 0 amide bonds. The lowest BCUT2D eigenvalue weighted by molar-refractivity contribution is -0.384. The summed E-state index contributed by atoms with van der Waals surface area (Å²) < 4.78 is 1.08. The topological polar surface area (TPSA) is 55.2 Å². The lowest BCUT2D eigenvalue weighted by atomic mass is 10.1. The van der Waals surface area contributed by atoms with E-state index in [0.29, 0.717) is 0 Å². The van der Waals surface area contributed by atoms with E-state index in [1.807, 2.05) is 19.1 Å². The first-order chi connectivity index (χ1) is 9.56. The third kappa shape index (κ3) is 3.81. The van der Waals surface area contributed by atoms with E-state index in [-0.39, 0.29) is 10.6 Å². The molecule has 0 aliphatic heterocycles. The Labute approximate surface area is 126 Å². The van der Waals surface area contributed by atoms with Gasteiger partial charge in [0.25, 0.3) is 5.69 Å². The van der Waals surface area contributed by atoms with Crippen molar-refractivity contribution in [3.63, 3.8) is 0 Å². The maximum Gasteiger partial charge on any atom is 0.269 e. The predicted molar refractivity (Wildman–Crippen MR) is 84.2 cm³/mol. The van der Waals surface area contributed by atoms with Crippen LogP contribution in [0.15, 0.2) is 46.9 Å². The number of non-ortho nitro benzene ring substituents is 1. The van der Waals surface area contributed by atoms with Gasteiger partial charge in [0.15, 0.2) is 0 Å². The molecule has 0 atom stereocenters. The van der Waals surface area contributed by atoms with Crippen molar-refractivity contribution in [1.29, 1.82) is 0 Å². The van der Waals surface area contributed by atoms with E-state index >= 15 is 0 Å². The number of rotatable bonds is 5. The smallest absolute Gasteiger partial charge is 0.269 e. The third-order valence-electron chi connectivity index (χ3n) is 3.06. The molecule has 0 aliphatic carbocycles. The van der Waals surface area contributed by atoms with Gasteiger partial charge in [0, 0.05) is 28.8 Å². The van der Waals surface area contributed by atoms with Crippen molar-refractivity contribution < 1.29 is 4.92 Å². The maximum absolute atomic E-state index is 10.6. The Kier molecular flexibility index (Phi) is 4.74. The van der Waals surface area contributed by atoms with Gasteiger partial charge in [0.2, 0.25) is 0 Å². The van der Waals surface area contributed by atoms with Gasteiger partial charge >= 0.3 is 0 Å². The lowest BCUT2D eigenvalue weighted by Crippen LogP contribution is -2.05. The number of benzene rings is 2. The molecule has 2 aromatic carbocycles. The van der Waals surface area contributed by atoms with Crippen LogP contribution in [-0.2, 0) is 6.42 Å². The summed E-state index contributed by atoms with van der Waals surface area (Å²) in [5.74, 6) is 0. The maximum atomic E-state index is 10.6. The molecule has 2 aromatic rings. The van der Waals surface area contributed by atoms with Gasteiger partial charge in [-0.15, -0.1) is 0 Å². The van der Waals surface area contributed by atoms with E-state index in [0.717, 1.165) is 28.7 Å². The zero-order chi connectivity index (χ0) is 14.5. The van der Waals surface area contributed by atoms with Crippen LogP contribution in [0, 0.1) is 17.0 Å². The van der Waals surface area contributed by atoms with E-state index in [4.69, 9.17) is 0 Å². The van der Waals surface area contributed by atoms with Gasteiger partial charge in [-0.05, 0) is 36.6 Å². The zero-order valence-electron chi connectivity index (χ0n) is 11.1. The highest BCUT2D eigenvalue weighted by molar-refractivity contribution is 9.10. The Morgan fingerprint density at radius 1 is 1.20 bits per heavy atom. The van der Waals surface area contributed by atoms with Crippen LogP contribution in [0.4, 0.5) is 11.4 Å². The van der Waals surface area contributed by atoms with E-state index in [1.165, 1.54) is 17.7 Å². The van der Waals surface area contributed by atoms with Crippen LogP contribution in [0.2, 0.25) is 0 Å². The molecule has 2 rings (SSSR count). The third-order valence-corrected chi connectivity index (χ3v) is 3.92. The predicted octanol–water partition coefficient (Wildman–Crippen LogP) is 4.32. The summed E-state index contributed by atoms with van der Waals surface area (Å²) in [7, 11) is 0. The molecule has 0 heterocycles. The van der Waals surface area contributed by atoms with Crippen LogP contribution in [0.5, 0.6) is 0 Å². The molecule has 0 aliphatic rings. The Morgan fingerprint density at radius 3 is 2.50 bits per heavy atom. The number of aryl methyl sites for hydroxylation is 1. The van der Waals surface area contributed by atoms with Crippen molar-refractivity contribution in [2.24, 2.45) is 0 Å². The van der Waals surface area contributed by atoms with Crippen LogP contribution in [0.3, 0.4) is 0 Å². The summed E-state index contributed by atoms with van der Waals surface area (Å²) in [6.07, 6.45) is 0.823. The van der Waals surface area contributed by atoms with Crippen molar-refractivity contribution in [2.75, 3.05) is 11.9 Å². The van der Waals surface area contributed by atoms with Gasteiger partial charge in [0.05, 0.1) is 4.92 Å². The number of nitro benzene ring substituents is 1. The van der Waals surface area contributed by atoms with Crippen molar-refractivity contribution in [2.45, 2.75) is 13.3 Å². The SMILES string of the molecule is Cc1ccc(NCCc2ccc([N+](=O)[O-])cc2)cc1Br. The van der Waals surface area contributed by atoms with Crippen LogP contribution in [-0.4, -0.2) is 11.5 Å². The molecular weight excluding hydrogens is 320 g/mol. The highest BCUT2D eigenvalue weighted by Crippen LogP contribution is 2.20. The molecular formula is C15H15BrN2O2. The first kappa shape index (κ1) is 14.5. The van der Waals surface area contributed by atoms with Gasteiger partial charge in [-0.2, -0.15) is 0 Å². The summed E-state index contributed by atoms with van der Waals surface area (Å²) >= 11 is 3.50. The van der Waals surface area contributed by atoms with Crippen LogP contribution >= 0.6 is 15.9 Å². The summed E-state index contributed by atoms with van der Waals surface area (Å²) in [6, 6.07) is 12.8. The highest BCUT2D eigenvalue weighted by atomic mass is 79.9. The Bertz CT molecular complexity index is 612. The standard InChI is InChI=1S/C15H15BrN2O2/c1-11-2-5-13(10-15(11)16)17-9-8-12-3-6-14(7-4-12)18(19)20/h2-7,10,17H,8-9H2,1H3. The van der Waals surface area contributed by atoms with E-state index in [9.17, 15) is 10.1 Å². The fourth-order valence-corrected chi connectivity index (χ4v) is 2.22. The molecule has 5 heteroatoms. The fourth-order valence-electron chi connectivity index (χ4n) is 1.84. The number of nitrogens with zero attached hydrogens (tertiary/aromatic N) is 1. The average molecular weight is 335 g/mol. The number of anilines is 1. The monoisotopic (exact) mass is 334 g/mol. The molecule has 1 N–H and O–H groups in total. The molecule has 0 radical (unpaired) electrons. The van der Waals surface area contributed by atoms with E-state index in [2.05, 4.69) is 27.3 Å². The van der Waals surface area contributed by atoms with E-state index < -0.39 is 0 Å². The number of nitro groups is 1. The van der Waals surface area contributed by atoms with Crippen LogP contribution < -0.4 is 5.32 Å². The first-order valence-electron chi connectivity index (χ1n) is 6.29. The van der Waals surface area contributed by atoms with Crippen molar-refractivity contribution in [3.8, 4) is 0 Å². The van der Waals surface area contributed by atoms with E-state index in [1.54, 1.807) is 12.1 Å². The number of hydrogen-bond acceptors (Lipinski definition) is 3. The Hall–Kier alpha value is -1.88. The molecule has 4 nitrogen and oxygen atoms in total. The zero-order valence-corrected chi connectivity index (χ0v) is 12.7. The van der Waals surface area contributed by atoms with Gasteiger partial charge in [-0.3, -0.25) is 10.1 Å². The molecule has 104 valence electrons. The molecule has 0 spiro atoms. The highest BCUT2D eigenvalue weighted by Gasteiger charge is 2.03. The molecule has 0 saturated heterocycles. The summed E-state index contributed by atoms with van der Waals surface area (Å²) in [6.45, 7) is 2.83. The summed E-state index contributed by atoms with van der Waals surface area (Å²) in [5.41, 5.74) is 3.47. The van der Waals surface area contributed by atoms with Gasteiger partial charge in [0.1, 0.15) is 0 Å². The quantitative estimate of drug-likeness (QED) is 0.654. The summed E-state index contributed by atoms with van der Waals surface area (Å²) in [4.78, 5) is 10.2. The van der Waals surface area contributed by atoms with Gasteiger partial charge in [-0.25, -0.2) is 0 Å². The van der Waals surface area contributed by atoms with Crippen LogP contribution in [0.1, 0.15) is 11.1 Å². The molecule has 0 bridgehead atoms. The molecule has 0 fully saturated rings. The van der Waals surface area contributed by atoms with Gasteiger partial charge < -0.3 is 5.32 Å². The van der Waals surface area contributed by atoms with Gasteiger partial charge in [-0.1, -0.05) is 34.1 Å². The Balaban J connectivity index is 1.89. The molecule has 20 heavy (non-hydrogen) atoms. The minimum absolute atomic E-state index is 0.129. The van der Waals surface area contributed by atoms with Crippen LogP contribution in [0.25, 0.3) is 0 Å². The Morgan fingerprint density at radius 2 is 1.90 bits per heavy atom. The molecule has 0 aromatic heterocycles. The fraction of sp³-hybridized carbons (Fsp3) is 0.200. The average Bonchev–Trinajstić information content (AvgIpc) is 2.43. The molecule has 0 saturated carbocycles. The van der Waals surface area contributed by atoms with Crippen molar-refractivity contribution in [1.82, 2.24) is 0 Å². The van der Waals surface area contributed by atoms with Crippen molar-refractivity contribution >= 4 is 27.3 Å². The van der Waals surface area contributed by atoms with Crippen molar-refractivity contribution in [3.05, 3.63) is 68.2 Å². The second-order valence-corrected chi connectivity index (χ2v) is 5.42.